The van der Waals surface area contributed by atoms with Gasteiger partial charge in [-0.1, -0.05) is 32.9 Å². The van der Waals surface area contributed by atoms with E-state index in [0.717, 1.165) is 11.1 Å². The van der Waals surface area contributed by atoms with Gasteiger partial charge in [-0.05, 0) is 59.4 Å². The van der Waals surface area contributed by atoms with Gasteiger partial charge in [0.2, 0.25) is 6.79 Å². The molecule has 1 fully saturated rings. The standard InChI is InChI=1S/C28H26N2O5/c1-16-5-6-18(28(2,3)4)13-20(16)25(31)23-24(17-9-11-29-12-10-17)30(27(33)26(23)32)19-7-8-21-22(14-19)35-15-34-21/h5-14,24,31H,15H2,1-4H3/b25-23+. The Morgan fingerprint density at radius 1 is 1.00 bits per heavy atom. The predicted molar refractivity (Wildman–Crippen MR) is 131 cm³/mol. The Morgan fingerprint density at radius 3 is 2.43 bits per heavy atom. The number of amides is 1. The Hall–Kier alpha value is -4.13. The number of aromatic nitrogens is 1. The number of hydrogen-bond donors (Lipinski definition) is 1. The van der Waals surface area contributed by atoms with E-state index in [9.17, 15) is 14.7 Å². The van der Waals surface area contributed by atoms with Crippen LogP contribution in [0.5, 0.6) is 11.5 Å². The molecule has 1 aromatic heterocycles. The molecule has 3 heterocycles. The maximum atomic E-state index is 13.4. The number of ether oxygens (including phenoxy) is 2. The fourth-order valence-electron chi connectivity index (χ4n) is 4.48. The molecule has 2 aromatic carbocycles. The highest BCUT2D eigenvalue weighted by atomic mass is 16.7. The van der Waals surface area contributed by atoms with Crippen LogP contribution in [0.1, 0.15) is 49.1 Å². The number of Topliss-reactive ketones (excluding diaryl/α,β-unsaturated/α-hetero) is 1. The summed E-state index contributed by atoms with van der Waals surface area (Å²) in [6.07, 6.45) is 3.20. The van der Waals surface area contributed by atoms with Gasteiger partial charge < -0.3 is 14.6 Å². The molecule has 0 radical (unpaired) electrons. The molecule has 1 amide bonds. The van der Waals surface area contributed by atoms with Crippen molar-refractivity contribution in [2.75, 3.05) is 11.7 Å². The topological polar surface area (TPSA) is 89.0 Å². The number of benzene rings is 2. The predicted octanol–water partition coefficient (Wildman–Crippen LogP) is 5.04. The van der Waals surface area contributed by atoms with Gasteiger partial charge in [-0.15, -0.1) is 0 Å². The second-order valence-electron chi connectivity index (χ2n) is 9.77. The summed E-state index contributed by atoms with van der Waals surface area (Å²) in [6.45, 7) is 8.21. The number of nitrogens with zero attached hydrogens (tertiary/aromatic N) is 2. The van der Waals surface area contributed by atoms with Gasteiger partial charge in [0.05, 0.1) is 11.6 Å². The summed E-state index contributed by atoms with van der Waals surface area (Å²) in [5, 5.41) is 11.6. The van der Waals surface area contributed by atoms with Gasteiger partial charge in [-0.2, -0.15) is 0 Å². The monoisotopic (exact) mass is 470 g/mol. The lowest BCUT2D eigenvalue weighted by Crippen LogP contribution is -2.29. The van der Waals surface area contributed by atoms with Crippen LogP contribution in [0.4, 0.5) is 5.69 Å². The minimum Gasteiger partial charge on any atom is -0.507 e. The highest BCUT2D eigenvalue weighted by Crippen LogP contribution is 2.45. The zero-order valence-corrected chi connectivity index (χ0v) is 20.0. The molecule has 35 heavy (non-hydrogen) atoms. The van der Waals surface area contributed by atoms with E-state index in [2.05, 4.69) is 25.8 Å². The number of carbonyl (C=O) groups excluding carboxylic acids is 2. The molecule has 3 aromatic rings. The second kappa shape index (κ2) is 8.27. The minimum absolute atomic E-state index is 0.0352. The molecule has 178 valence electrons. The van der Waals surface area contributed by atoms with Crippen molar-refractivity contribution in [1.82, 2.24) is 4.98 Å². The number of aryl methyl sites for hydroxylation is 1. The fourth-order valence-corrected chi connectivity index (χ4v) is 4.48. The first kappa shape index (κ1) is 22.7. The summed E-state index contributed by atoms with van der Waals surface area (Å²) in [7, 11) is 0. The lowest BCUT2D eigenvalue weighted by molar-refractivity contribution is -0.132. The van der Waals surface area contributed by atoms with Crippen molar-refractivity contribution < 1.29 is 24.2 Å². The molecule has 1 unspecified atom stereocenters. The minimum atomic E-state index is -0.837. The highest BCUT2D eigenvalue weighted by molar-refractivity contribution is 6.51. The number of aliphatic hydroxyl groups excluding tert-OH is 1. The number of aliphatic hydroxyl groups is 1. The van der Waals surface area contributed by atoms with E-state index in [-0.39, 0.29) is 23.5 Å². The molecular weight excluding hydrogens is 444 g/mol. The number of fused-ring (bicyclic) bond motifs is 1. The summed E-state index contributed by atoms with van der Waals surface area (Å²) in [5.74, 6) is -0.608. The van der Waals surface area contributed by atoms with Crippen LogP contribution in [0.15, 0.2) is 66.5 Å². The molecule has 7 nitrogen and oxygen atoms in total. The lowest BCUT2D eigenvalue weighted by Gasteiger charge is -2.26. The number of anilines is 1. The van der Waals surface area contributed by atoms with Crippen molar-refractivity contribution in [2.45, 2.75) is 39.2 Å². The second-order valence-corrected chi connectivity index (χ2v) is 9.77. The third kappa shape index (κ3) is 3.83. The van der Waals surface area contributed by atoms with E-state index >= 15 is 0 Å². The van der Waals surface area contributed by atoms with E-state index in [1.807, 2.05) is 25.1 Å². The molecule has 2 aliphatic heterocycles. The average molecular weight is 471 g/mol. The van der Waals surface area contributed by atoms with Gasteiger partial charge in [0, 0.05) is 29.7 Å². The first-order valence-electron chi connectivity index (χ1n) is 11.4. The zero-order valence-electron chi connectivity index (χ0n) is 20.0. The molecule has 1 atom stereocenters. The van der Waals surface area contributed by atoms with Crippen LogP contribution in [-0.4, -0.2) is 28.6 Å². The molecule has 1 saturated heterocycles. The largest absolute Gasteiger partial charge is 0.507 e. The van der Waals surface area contributed by atoms with Crippen LogP contribution in [0.25, 0.3) is 5.76 Å². The number of ketones is 1. The molecule has 0 bridgehead atoms. The molecule has 2 aliphatic rings. The molecule has 0 saturated carbocycles. The Kier molecular flexibility index (Phi) is 5.35. The lowest BCUT2D eigenvalue weighted by atomic mass is 9.84. The van der Waals surface area contributed by atoms with Crippen LogP contribution in [0.3, 0.4) is 0 Å². The number of carbonyl (C=O) groups is 2. The Morgan fingerprint density at radius 2 is 1.71 bits per heavy atom. The van der Waals surface area contributed by atoms with Gasteiger partial charge in [0.15, 0.2) is 11.5 Å². The van der Waals surface area contributed by atoms with Gasteiger partial charge in [-0.25, -0.2) is 0 Å². The van der Waals surface area contributed by atoms with Crippen LogP contribution >= 0.6 is 0 Å². The first-order chi connectivity index (χ1) is 16.7. The van der Waals surface area contributed by atoms with Crippen molar-refractivity contribution >= 4 is 23.1 Å². The van der Waals surface area contributed by atoms with E-state index in [1.165, 1.54) is 4.90 Å². The van der Waals surface area contributed by atoms with Crippen LogP contribution in [-0.2, 0) is 15.0 Å². The highest BCUT2D eigenvalue weighted by Gasteiger charge is 2.47. The van der Waals surface area contributed by atoms with Crippen molar-refractivity contribution in [1.29, 1.82) is 0 Å². The Bertz CT molecular complexity index is 1370. The number of hydrogen-bond acceptors (Lipinski definition) is 6. The van der Waals surface area contributed by atoms with Crippen molar-refractivity contribution in [3.05, 3.63) is 88.8 Å². The molecule has 7 heteroatoms. The van der Waals surface area contributed by atoms with Gasteiger partial charge in [-0.3, -0.25) is 19.5 Å². The number of rotatable bonds is 3. The van der Waals surface area contributed by atoms with Crippen LogP contribution in [0.2, 0.25) is 0 Å². The maximum Gasteiger partial charge on any atom is 0.300 e. The SMILES string of the molecule is Cc1ccc(C(C)(C)C)cc1/C(O)=C1\C(=O)C(=O)N(c2ccc3c(c2)OCO3)C1c1ccncc1. The summed E-state index contributed by atoms with van der Waals surface area (Å²) in [6, 6.07) is 13.6. The Labute approximate surface area is 203 Å². The maximum absolute atomic E-state index is 13.4. The number of pyridine rings is 1. The van der Waals surface area contributed by atoms with Crippen LogP contribution in [0, 0.1) is 6.92 Å². The third-order valence-electron chi connectivity index (χ3n) is 6.46. The van der Waals surface area contributed by atoms with E-state index in [4.69, 9.17) is 9.47 Å². The summed E-state index contributed by atoms with van der Waals surface area (Å²) < 4.78 is 10.9. The summed E-state index contributed by atoms with van der Waals surface area (Å²) in [4.78, 5) is 32.3. The average Bonchev–Trinajstić information content (AvgIpc) is 3.40. The smallest absolute Gasteiger partial charge is 0.300 e. The summed E-state index contributed by atoms with van der Waals surface area (Å²) in [5.41, 5.74) is 3.34. The van der Waals surface area contributed by atoms with Crippen molar-refractivity contribution in [2.24, 2.45) is 0 Å². The molecular formula is C28H26N2O5. The van der Waals surface area contributed by atoms with Gasteiger partial charge in [0.25, 0.3) is 11.7 Å². The molecule has 1 N–H and O–H groups in total. The van der Waals surface area contributed by atoms with E-state index in [1.54, 1.807) is 42.7 Å². The molecule has 5 rings (SSSR count). The summed E-state index contributed by atoms with van der Waals surface area (Å²) >= 11 is 0. The Balaban J connectivity index is 1.72. The molecule has 0 spiro atoms. The third-order valence-corrected chi connectivity index (χ3v) is 6.46. The van der Waals surface area contributed by atoms with Gasteiger partial charge >= 0.3 is 0 Å². The zero-order chi connectivity index (χ0) is 24.9. The quantitative estimate of drug-likeness (QED) is 0.328. The normalized spacial score (nSPS) is 18.9. The van der Waals surface area contributed by atoms with Crippen LogP contribution < -0.4 is 14.4 Å². The van der Waals surface area contributed by atoms with Gasteiger partial charge in [0.1, 0.15) is 5.76 Å². The first-order valence-corrected chi connectivity index (χ1v) is 11.4. The van der Waals surface area contributed by atoms with Crippen molar-refractivity contribution in [3.8, 4) is 11.5 Å². The van der Waals surface area contributed by atoms with E-state index in [0.29, 0.717) is 28.3 Å². The van der Waals surface area contributed by atoms with E-state index < -0.39 is 17.7 Å². The van der Waals surface area contributed by atoms with Crippen molar-refractivity contribution in [3.63, 3.8) is 0 Å². The molecule has 0 aliphatic carbocycles. The fraction of sp³-hybridized carbons (Fsp3) is 0.250.